The Bertz CT molecular complexity index is 1540. The second-order valence-electron chi connectivity index (χ2n) is 10.4. The van der Waals surface area contributed by atoms with E-state index in [1.54, 1.807) is 0 Å². The smallest absolute Gasteiger partial charge is 0.130 e. The number of nitrogens with zero attached hydrogens (tertiary/aromatic N) is 2. The highest BCUT2D eigenvalue weighted by molar-refractivity contribution is 6.04. The highest BCUT2D eigenvalue weighted by atomic mass is 15.4. The summed E-state index contributed by atoms with van der Waals surface area (Å²) in [5, 5.41) is 4.13. The van der Waals surface area contributed by atoms with Crippen molar-refractivity contribution in [1.29, 1.82) is 0 Å². The Morgan fingerprint density at radius 1 is 0.487 bits per heavy atom. The van der Waals surface area contributed by atoms with Gasteiger partial charge in [0, 0.05) is 18.0 Å². The van der Waals surface area contributed by atoms with Crippen LogP contribution in [0.2, 0.25) is 0 Å². The molecule has 1 fully saturated rings. The fraction of sp³-hybridized carbons (Fsp3) is 0.139. The van der Waals surface area contributed by atoms with E-state index in [0.29, 0.717) is 0 Å². The van der Waals surface area contributed by atoms with Crippen molar-refractivity contribution >= 4 is 5.71 Å². The standard InChI is InChI=1S/C36H31N3/c1-6-16-26(17-7-1)32-31-33(27-18-8-2-9-19-27)38-36(30-24-14-5-15-25-30)39(34(31)28-20-10-3-11-21-28)35(37-32)29-22-12-4-13-23-29/h1-25,31-32,34-37H/t31-,32-,34-,35+,36-/m1/s1. The summed E-state index contributed by atoms with van der Waals surface area (Å²) in [6.45, 7) is 0. The average molecular weight is 506 g/mol. The van der Waals surface area contributed by atoms with Crippen molar-refractivity contribution in [3.8, 4) is 0 Å². The Morgan fingerprint density at radius 3 is 1.51 bits per heavy atom. The van der Waals surface area contributed by atoms with E-state index in [9.17, 15) is 0 Å². The minimum absolute atomic E-state index is 0.0239. The van der Waals surface area contributed by atoms with Crippen LogP contribution in [0.3, 0.4) is 0 Å². The molecule has 0 spiro atoms. The molecule has 39 heavy (non-hydrogen) atoms. The normalized spacial score (nSPS) is 26.0. The summed E-state index contributed by atoms with van der Waals surface area (Å²) in [6, 6.07) is 54.5. The van der Waals surface area contributed by atoms with Crippen LogP contribution in [-0.2, 0) is 0 Å². The maximum atomic E-state index is 5.64. The molecular weight excluding hydrogens is 474 g/mol. The van der Waals surface area contributed by atoms with Crippen LogP contribution >= 0.6 is 0 Å². The largest absolute Gasteiger partial charge is 0.290 e. The van der Waals surface area contributed by atoms with Gasteiger partial charge < -0.3 is 0 Å². The van der Waals surface area contributed by atoms with Gasteiger partial charge in [-0.25, -0.2) is 0 Å². The molecule has 0 saturated carbocycles. The lowest BCUT2D eigenvalue weighted by Crippen LogP contribution is -2.58. The minimum Gasteiger partial charge on any atom is -0.290 e. The zero-order chi connectivity index (χ0) is 26.0. The van der Waals surface area contributed by atoms with Gasteiger partial charge in [-0.2, -0.15) is 0 Å². The summed E-state index contributed by atoms with van der Waals surface area (Å²) in [5.41, 5.74) is 7.39. The first-order chi connectivity index (χ1) is 19.4. The molecule has 190 valence electrons. The number of aliphatic imine (C=N–C) groups is 1. The maximum absolute atomic E-state index is 5.64. The molecular formula is C36H31N3. The summed E-state index contributed by atoms with van der Waals surface area (Å²) in [4.78, 5) is 8.24. The van der Waals surface area contributed by atoms with E-state index in [2.05, 4.69) is 162 Å². The van der Waals surface area contributed by atoms with Crippen LogP contribution in [0.1, 0.15) is 52.2 Å². The zero-order valence-electron chi connectivity index (χ0n) is 21.7. The average Bonchev–Trinajstić information content (AvgIpc) is 3.03. The van der Waals surface area contributed by atoms with Crippen molar-refractivity contribution < 1.29 is 0 Å². The van der Waals surface area contributed by atoms with Gasteiger partial charge in [0.2, 0.25) is 0 Å². The number of hydrogen-bond donors (Lipinski definition) is 1. The fourth-order valence-electron chi connectivity index (χ4n) is 6.42. The second-order valence-corrected chi connectivity index (χ2v) is 10.4. The van der Waals surface area contributed by atoms with E-state index in [-0.39, 0.29) is 30.3 Å². The molecule has 6 atom stereocenters. The molecule has 0 amide bonds. The van der Waals surface area contributed by atoms with Crippen LogP contribution in [0.5, 0.6) is 0 Å². The van der Waals surface area contributed by atoms with E-state index in [4.69, 9.17) is 4.99 Å². The first kappa shape index (κ1) is 23.8. The number of rotatable bonds is 5. The molecule has 0 aromatic heterocycles. The molecule has 2 heterocycles. The summed E-state index contributed by atoms with van der Waals surface area (Å²) in [7, 11) is 0. The molecule has 3 heteroatoms. The van der Waals surface area contributed by atoms with E-state index >= 15 is 0 Å². The third-order valence-corrected chi connectivity index (χ3v) is 8.10. The van der Waals surface area contributed by atoms with Crippen molar-refractivity contribution in [2.45, 2.75) is 24.4 Å². The molecule has 0 aliphatic carbocycles. The third kappa shape index (κ3) is 4.40. The maximum Gasteiger partial charge on any atom is 0.130 e. The SMILES string of the molecule is c1ccc(C2=N[C@@H](c3ccccc3)N3[C@@H](c4ccccc4)N[C@H](c4ccccc4)[C@H]2[C@H]3c2ccccc2)cc1. The molecule has 5 aromatic carbocycles. The lowest BCUT2D eigenvalue weighted by atomic mass is 9.73. The lowest BCUT2D eigenvalue weighted by molar-refractivity contribution is -0.0257. The Balaban J connectivity index is 1.52. The molecule has 1 saturated heterocycles. The molecule has 2 bridgehead atoms. The Kier molecular flexibility index (Phi) is 6.37. The van der Waals surface area contributed by atoms with E-state index in [1.165, 1.54) is 27.8 Å². The van der Waals surface area contributed by atoms with E-state index in [1.807, 2.05) is 0 Å². The predicted molar refractivity (Wildman–Crippen MR) is 158 cm³/mol. The van der Waals surface area contributed by atoms with E-state index < -0.39 is 0 Å². The third-order valence-electron chi connectivity index (χ3n) is 8.10. The Morgan fingerprint density at radius 2 is 0.949 bits per heavy atom. The van der Waals surface area contributed by atoms with Crippen molar-refractivity contribution in [2.24, 2.45) is 10.9 Å². The predicted octanol–water partition coefficient (Wildman–Crippen LogP) is 7.89. The van der Waals surface area contributed by atoms with Crippen LogP contribution in [0.25, 0.3) is 0 Å². The molecule has 2 aliphatic rings. The van der Waals surface area contributed by atoms with Gasteiger partial charge in [0.05, 0.1) is 11.9 Å². The number of benzene rings is 5. The monoisotopic (exact) mass is 505 g/mol. The summed E-state index contributed by atoms with van der Waals surface area (Å²) in [6.07, 6.45) is -0.165. The summed E-state index contributed by atoms with van der Waals surface area (Å²) >= 11 is 0. The fourth-order valence-corrected chi connectivity index (χ4v) is 6.42. The highest BCUT2D eigenvalue weighted by Crippen LogP contribution is 2.54. The number of fused-ring (bicyclic) bond motifs is 2. The number of nitrogens with one attached hydrogen (secondary N) is 1. The van der Waals surface area contributed by atoms with Gasteiger partial charge in [-0.1, -0.05) is 152 Å². The van der Waals surface area contributed by atoms with Crippen LogP contribution in [0.15, 0.2) is 157 Å². The molecule has 2 aliphatic heterocycles. The van der Waals surface area contributed by atoms with Crippen molar-refractivity contribution in [3.05, 3.63) is 179 Å². The molecule has 1 N–H and O–H groups in total. The Labute approximate surface area is 230 Å². The van der Waals surface area contributed by atoms with Gasteiger partial charge in [-0.3, -0.25) is 15.2 Å². The topological polar surface area (TPSA) is 27.6 Å². The summed E-state index contributed by atoms with van der Waals surface area (Å²) in [5.74, 6) is 0.108. The Hall–Kier alpha value is -4.31. The quantitative estimate of drug-likeness (QED) is 0.263. The molecule has 0 radical (unpaired) electrons. The minimum atomic E-state index is -0.141. The van der Waals surface area contributed by atoms with Gasteiger partial charge in [0.15, 0.2) is 0 Å². The van der Waals surface area contributed by atoms with Crippen molar-refractivity contribution in [1.82, 2.24) is 10.2 Å². The van der Waals surface area contributed by atoms with Crippen LogP contribution in [0, 0.1) is 5.92 Å². The van der Waals surface area contributed by atoms with Gasteiger partial charge in [0.1, 0.15) is 6.17 Å². The first-order valence-electron chi connectivity index (χ1n) is 13.7. The molecule has 5 aromatic rings. The van der Waals surface area contributed by atoms with Gasteiger partial charge in [-0.15, -0.1) is 0 Å². The van der Waals surface area contributed by atoms with Crippen molar-refractivity contribution in [2.75, 3.05) is 0 Å². The van der Waals surface area contributed by atoms with Gasteiger partial charge in [0.25, 0.3) is 0 Å². The van der Waals surface area contributed by atoms with Crippen LogP contribution in [-0.4, -0.2) is 10.6 Å². The lowest BCUT2D eigenvalue weighted by Gasteiger charge is -2.56. The van der Waals surface area contributed by atoms with Crippen LogP contribution in [0.4, 0.5) is 0 Å². The second kappa shape index (κ2) is 10.5. The summed E-state index contributed by atoms with van der Waals surface area (Å²) < 4.78 is 0. The first-order valence-corrected chi connectivity index (χ1v) is 13.7. The zero-order valence-corrected chi connectivity index (χ0v) is 21.7. The van der Waals surface area contributed by atoms with Crippen LogP contribution < -0.4 is 5.32 Å². The molecule has 1 unspecified atom stereocenters. The molecule has 7 rings (SSSR count). The van der Waals surface area contributed by atoms with Crippen molar-refractivity contribution in [3.63, 3.8) is 0 Å². The van der Waals surface area contributed by atoms with E-state index in [0.717, 1.165) is 5.71 Å². The van der Waals surface area contributed by atoms with Gasteiger partial charge >= 0.3 is 0 Å². The highest BCUT2D eigenvalue weighted by Gasteiger charge is 2.52. The van der Waals surface area contributed by atoms with Gasteiger partial charge in [-0.05, 0) is 27.8 Å². The molecule has 3 nitrogen and oxygen atoms in total. The number of hydrogen-bond acceptors (Lipinski definition) is 3.